The van der Waals surface area contributed by atoms with Crippen LogP contribution in [0.3, 0.4) is 0 Å². The molecule has 2 nitrogen and oxygen atoms in total. The second-order valence-electron chi connectivity index (χ2n) is 0.531. The molecule has 0 aliphatic carbocycles. The zero-order valence-electron chi connectivity index (χ0n) is 2.38. The molecule has 0 radical (unpaired) electrons. The number of aliphatic imine (C=N–C) groups is 1. The first-order chi connectivity index (χ1) is 2.50. The molecule has 1 aliphatic heterocycles. The fourth-order valence-electron chi connectivity index (χ4n) is 0.118. The van der Waals surface area contributed by atoms with E-state index in [2.05, 4.69) is 15.7 Å². The minimum absolute atomic E-state index is 1.30. The number of hydrogen-bond acceptors (Lipinski definition) is 3. The van der Waals surface area contributed by atoms with Gasteiger partial charge < -0.3 is 0 Å². The van der Waals surface area contributed by atoms with Gasteiger partial charge in [-0.3, -0.25) is 0 Å². The minimum atomic E-state index is 1.30. The Morgan fingerprint density at radius 2 is 2.80 bits per heavy atom. The molecule has 0 unspecified atom stereocenters. The zero-order chi connectivity index (χ0) is 3.54. The predicted molar refractivity (Wildman–Crippen MR) is 23.5 cm³/mol. The van der Waals surface area contributed by atoms with Crippen LogP contribution < -0.4 is 0 Å². The summed E-state index contributed by atoms with van der Waals surface area (Å²) in [4.78, 5) is 3.50. The van der Waals surface area contributed by atoms with Crippen LogP contribution in [-0.4, -0.2) is 11.9 Å². The quantitative estimate of drug-likeness (QED) is 0.312. The first-order valence-corrected chi connectivity index (χ1v) is 1.96. The first kappa shape index (κ1) is 2.82. The van der Waals surface area contributed by atoms with E-state index < -0.39 is 0 Å². The summed E-state index contributed by atoms with van der Waals surface area (Å²) in [5.41, 5.74) is 1.62. The third-order valence-electron chi connectivity index (χ3n) is 0.251. The molecule has 0 aromatic carbocycles. The molecular formula is C2HN2S+. The Labute approximate surface area is 34.1 Å². The minimum Gasteiger partial charge on any atom is -0.0138 e. The van der Waals surface area contributed by atoms with Gasteiger partial charge in [0.25, 0.3) is 0 Å². The Morgan fingerprint density at radius 3 is 3.00 bits per heavy atom. The Morgan fingerprint density at radius 1 is 1.80 bits per heavy atom. The van der Waals surface area contributed by atoms with Gasteiger partial charge in [-0.05, 0) is 4.40 Å². The van der Waals surface area contributed by atoms with Gasteiger partial charge in [0.15, 0.2) is 11.9 Å². The highest BCUT2D eigenvalue weighted by Crippen LogP contribution is 1.98. The van der Waals surface area contributed by atoms with Gasteiger partial charge in [0, 0.05) is 4.99 Å². The summed E-state index contributed by atoms with van der Waals surface area (Å²) in [6.07, 6.45) is 2.38. The highest BCUT2D eigenvalue weighted by atomic mass is 32.2. The van der Waals surface area contributed by atoms with E-state index in [1.165, 1.54) is 11.9 Å². The maximum absolute atomic E-state index is 3.53. The van der Waals surface area contributed by atoms with Crippen molar-refractivity contribution in [3.63, 3.8) is 0 Å². The molecule has 1 rings (SSSR count). The molecule has 3 heteroatoms. The van der Waals surface area contributed by atoms with Gasteiger partial charge in [-0.2, -0.15) is 0 Å². The van der Waals surface area contributed by atoms with Gasteiger partial charge in [0.1, 0.15) is 0 Å². The van der Waals surface area contributed by atoms with Crippen LogP contribution in [0.5, 0.6) is 0 Å². The van der Waals surface area contributed by atoms with E-state index in [1.807, 2.05) is 0 Å². The van der Waals surface area contributed by atoms with Crippen LogP contribution >= 0.6 is 11.9 Å². The van der Waals surface area contributed by atoms with Crippen LogP contribution in [-0.2, 0) is 0 Å². The molecule has 24 valence electrons. The summed E-state index contributed by atoms with van der Waals surface area (Å²) < 4.78 is 3.53. The average molecular weight is 85.1 g/mol. The Kier molecular flexibility index (Phi) is 0.648. The number of rotatable bonds is 0. The fraction of sp³-hybridized carbons (Fsp3) is 0. The Bertz CT molecular complexity index is 65.7. The van der Waals surface area contributed by atoms with E-state index in [0.717, 1.165) is 0 Å². The largest absolute Gasteiger partial charge is 0.359 e. The van der Waals surface area contributed by atoms with Crippen molar-refractivity contribution in [1.82, 2.24) is 0 Å². The summed E-state index contributed by atoms with van der Waals surface area (Å²) in [6, 6.07) is 0. The average Bonchev–Trinajstić information content (AvgIpc) is 1.76. The standard InChI is InChI=1S/C2HN2S/c1-3-2-5-4-1/h2H/q+1. The lowest BCUT2D eigenvalue weighted by molar-refractivity contribution is 1.82. The maximum atomic E-state index is 3.53. The van der Waals surface area contributed by atoms with Crippen molar-refractivity contribution in [3.8, 4) is 0 Å². The molecule has 5 heavy (non-hydrogen) atoms. The molecule has 0 N–H and O–H groups in total. The lowest BCUT2D eigenvalue weighted by atomic mass is 11.3. The van der Waals surface area contributed by atoms with Crippen molar-refractivity contribution in [2.75, 3.05) is 0 Å². The third kappa shape index (κ3) is 0.436. The van der Waals surface area contributed by atoms with Crippen molar-refractivity contribution in [3.05, 3.63) is 0 Å². The van der Waals surface area contributed by atoms with Gasteiger partial charge in [-0.15, -0.1) is 0 Å². The van der Waals surface area contributed by atoms with Gasteiger partial charge >= 0.3 is 6.34 Å². The molecule has 0 aromatic heterocycles. The summed E-state index contributed by atoms with van der Waals surface area (Å²) in [6.45, 7) is 0. The molecule has 0 aromatic rings. The van der Waals surface area contributed by atoms with Crippen molar-refractivity contribution < 1.29 is 0 Å². The highest BCUT2D eigenvalue weighted by Gasteiger charge is 1.93. The second-order valence-corrected chi connectivity index (χ2v) is 1.14. The topological polar surface area (TPSA) is 24.7 Å². The highest BCUT2D eigenvalue weighted by molar-refractivity contribution is 8.11. The van der Waals surface area contributed by atoms with E-state index in [4.69, 9.17) is 0 Å². The molecule has 0 saturated heterocycles. The molecule has 1 heterocycles. The maximum Gasteiger partial charge on any atom is 0.359 e. The van der Waals surface area contributed by atoms with Crippen LogP contribution in [0.15, 0.2) is 9.39 Å². The Balaban J connectivity index is 2.61. The van der Waals surface area contributed by atoms with Gasteiger partial charge in [-0.1, -0.05) is 0 Å². The van der Waals surface area contributed by atoms with Crippen molar-refractivity contribution >= 4 is 23.8 Å². The second kappa shape index (κ2) is 1.15. The van der Waals surface area contributed by atoms with E-state index in [9.17, 15) is 0 Å². The van der Waals surface area contributed by atoms with E-state index >= 15 is 0 Å². The predicted octanol–water partition coefficient (Wildman–Crippen LogP) is 0.582. The molecule has 1 aliphatic rings. The smallest absolute Gasteiger partial charge is 0.0138 e. The third-order valence-corrected chi connectivity index (χ3v) is 0.638. The summed E-state index contributed by atoms with van der Waals surface area (Å²) in [5, 5.41) is 0. The van der Waals surface area contributed by atoms with E-state index in [1.54, 1.807) is 5.55 Å². The fourth-order valence-corrected chi connectivity index (χ4v) is 0.354. The number of hydrogen-bond donors (Lipinski definition) is 0. The Hall–Kier alpha value is -0.400. The molecule has 0 amide bonds. The number of nitrogens with zero attached hydrogens (tertiary/aromatic N) is 2. The lowest BCUT2D eigenvalue weighted by Gasteiger charge is -1.38. The molecule has 0 fully saturated rings. The van der Waals surface area contributed by atoms with Gasteiger partial charge in [0.05, 0.1) is 0 Å². The SMILES string of the molecule is [C+]1=NSC=N1. The lowest BCUT2D eigenvalue weighted by Crippen LogP contribution is -1.44. The van der Waals surface area contributed by atoms with Crippen LogP contribution in [0.1, 0.15) is 0 Å². The summed E-state index contributed by atoms with van der Waals surface area (Å²) in [7, 11) is 0. The first-order valence-electron chi connectivity index (χ1n) is 1.12. The van der Waals surface area contributed by atoms with Crippen LogP contribution in [0.25, 0.3) is 0 Å². The molecule has 0 saturated carbocycles. The molecular weight excluding hydrogens is 84.1 g/mol. The monoisotopic (exact) mass is 85.0 g/mol. The molecule has 0 atom stereocenters. The van der Waals surface area contributed by atoms with E-state index in [0.29, 0.717) is 0 Å². The van der Waals surface area contributed by atoms with Crippen LogP contribution in [0.2, 0.25) is 0 Å². The molecule has 0 bridgehead atoms. The van der Waals surface area contributed by atoms with E-state index in [-0.39, 0.29) is 0 Å². The van der Waals surface area contributed by atoms with Crippen LogP contribution in [0.4, 0.5) is 0 Å². The normalized spacial score (nSPS) is 16.0. The molecule has 0 spiro atoms. The van der Waals surface area contributed by atoms with Gasteiger partial charge in [-0.25, -0.2) is 0 Å². The zero-order valence-corrected chi connectivity index (χ0v) is 3.20. The van der Waals surface area contributed by atoms with Crippen LogP contribution in [0, 0.1) is 0 Å². The summed E-state index contributed by atoms with van der Waals surface area (Å²) >= 11 is 1.30. The van der Waals surface area contributed by atoms with Gasteiger partial charge in [0.2, 0.25) is 5.55 Å². The summed E-state index contributed by atoms with van der Waals surface area (Å²) in [5.74, 6) is 0. The van der Waals surface area contributed by atoms with Crippen molar-refractivity contribution in [1.29, 1.82) is 0 Å². The van der Waals surface area contributed by atoms with Crippen molar-refractivity contribution in [2.45, 2.75) is 0 Å². The van der Waals surface area contributed by atoms with Crippen molar-refractivity contribution in [2.24, 2.45) is 9.39 Å².